The quantitative estimate of drug-likeness (QED) is 0.657. The summed E-state index contributed by atoms with van der Waals surface area (Å²) in [6.45, 7) is 9.95. The number of carbonyl (C=O) groups is 1. The zero-order valence-corrected chi connectivity index (χ0v) is 17.1. The molecule has 27 heavy (non-hydrogen) atoms. The van der Waals surface area contributed by atoms with Crippen LogP contribution in [0.2, 0.25) is 0 Å². The van der Waals surface area contributed by atoms with Crippen LogP contribution in [-0.4, -0.2) is 30.7 Å². The molecule has 7 heteroatoms. The lowest BCUT2D eigenvalue weighted by atomic mass is 10.1. The van der Waals surface area contributed by atoms with Crippen LogP contribution in [0.25, 0.3) is 5.65 Å². The second-order valence-corrected chi connectivity index (χ2v) is 8.15. The van der Waals surface area contributed by atoms with Crippen LogP contribution in [0.3, 0.4) is 0 Å². The molecule has 0 aliphatic carbocycles. The van der Waals surface area contributed by atoms with Crippen molar-refractivity contribution >= 4 is 23.3 Å². The summed E-state index contributed by atoms with van der Waals surface area (Å²) >= 11 is 1.44. The molecular weight excluding hydrogens is 358 g/mol. The second-order valence-electron chi connectivity index (χ2n) is 7.04. The lowest BCUT2D eigenvalue weighted by Gasteiger charge is -2.22. The first-order valence-corrected chi connectivity index (χ1v) is 9.96. The minimum atomic E-state index is -0.274. The highest BCUT2D eigenvalue weighted by Gasteiger charge is 2.27. The van der Waals surface area contributed by atoms with E-state index in [9.17, 15) is 4.79 Å². The first-order chi connectivity index (χ1) is 12.9. The number of benzene rings is 1. The smallest absolute Gasteiger partial charge is 0.234 e. The van der Waals surface area contributed by atoms with E-state index >= 15 is 0 Å². The molecular formula is C20H25N5OS. The lowest BCUT2D eigenvalue weighted by molar-refractivity contribution is -0.121. The van der Waals surface area contributed by atoms with E-state index in [-0.39, 0.29) is 23.1 Å². The van der Waals surface area contributed by atoms with Gasteiger partial charge in [-0.2, -0.15) is 0 Å². The Morgan fingerprint density at radius 3 is 2.48 bits per heavy atom. The lowest BCUT2D eigenvalue weighted by Crippen LogP contribution is -2.37. The predicted molar refractivity (Wildman–Crippen MR) is 108 cm³/mol. The number of hydrogen-bond acceptors (Lipinski definition) is 5. The number of nitrogens with zero attached hydrogens (tertiary/aromatic N) is 4. The van der Waals surface area contributed by atoms with Gasteiger partial charge < -0.3 is 5.32 Å². The Labute approximate surface area is 163 Å². The maximum atomic E-state index is 13.0. The first-order valence-electron chi connectivity index (χ1n) is 9.08. The van der Waals surface area contributed by atoms with Gasteiger partial charge in [-0.05, 0) is 32.3 Å². The summed E-state index contributed by atoms with van der Waals surface area (Å²) in [6, 6.07) is 11.8. The van der Waals surface area contributed by atoms with Crippen molar-refractivity contribution in [3.8, 4) is 0 Å². The number of aromatic nitrogens is 4. The molecule has 2 aromatic heterocycles. The van der Waals surface area contributed by atoms with E-state index in [4.69, 9.17) is 0 Å². The van der Waals surface area contributed by atoms with Crippen LogP contribution in [0.4, 0.5) is 0 Å². The van der Waals surface area contributed by atoms with Gasteiger partial charge in [-0.1, -0.05) is 55.9 Å². The van der Waals surface area contributed by atoms with E-state index in [1.54, 1.807) is 0 Å². The molecule has 3 rings (SSSR count). The van der Waals surface area contributed by atoms with Gasteiger partial charge in [0, 0.05) is 11.8 Å². The number of rotatable bonds is 6. The van der Waals surface area contributed by atoms with E-state index in [1.165, 1.54) is 11.8 Å². The van der Waals surface area contributed by atoms with Crippen LogP contribution < -0.4 is 5.32 Å². The zero-order chi connectivity index (χ0) is 19.6. The molecule has 1 aromatic carbocycles. The number of amides is 1. The highest BCUT2D eigenvalue weighted by molar-refractivity contribution is 8.00. The third kappa shape index (κ3) is 4.30. The van der Waals surface area contributed by atoms with Crippen LogP contribution in [0, 0.1) is 19.8 Å². The maximum Gasteiger partial charge on any atom is 0.234 e. The van der Waals surface area contributed by atoms with Gasteiger partial charge in [-0.15, -0.1) is 10.2 Å². The summed E-state index contributed by atoms with van der Waals surface area (Å²) in [5, 5.41) is 12.1. The third-order valence-corrected chi connectivity index (χ3v) is 5.90. The Hall–Kier alpha value is -2.41. The summed E-state index contributed by atoms with van der Waals surface area (Å²) in [5.74, 6) is 0.961. The molecule has 0 radical (unpaired) electrons. The van der Waals surface area contributed by atoms with E-state index in [2.05, 4.69) is 20.5 Å². The van der Waals surface area contributed by atoms with Gasteiger partial charge in [0.2, 0.25) is 5.91 Å². The Morgan fingerprint density at radius 2 is 1.81 bits per heavy atom. The maximum absolute atomic E-state index is 13.0. The van der Waals surface area contributed by atoms with Gasteiger partial charge in [0.05, 0.1) is 11.3 Å². The zero-order valence-electron chi connectivity index (χ0n) is 16.3. The molecule has 1 N–H and O–H groups in total. The molecule has 0 saturated carbocycles. The molecule has 0 unspecified atom stereocenters. The molecule has 2 atom stereocenters. The average Bonchev–Trinajstić information content (AvgIpc) is 3.02. The van der Waals surface area contributed by atoms with Gasteiger partial charge in [0.25, 0.3) is 0 Å². The standard InChI is InChI=1S/C20H25N5OS/c1-12(2)18(19(26)22-14(4)16-9-7-6-8-10-16)27-20-24-23-17-11-13(3)21-15(5)25(17)20/h6-12,14,18H,1-5H3,(H,22,26)/t14-,18-/m1/s1. The topological polar surface area (TPSA) is 72.2 Å². The summed E-state index contributed by atoms with van der Waals surface area (Å²) in [5.41, 5.74) is 2.74. The highest BCUT2D eigenvalue weighted by atomic mass is 32.2. The van der Waals surface area contributed by atoms with Gasteiger partial charge >= 0.3 is 0 Å². The number of nitrogens with one attached hydrogen (secondary N) is 1. The average molecular weight is 384 g/mol. The number of thioether (sulfide) groups is 1. The normalized spacial score (nSPS) is 13.7. The molecule has 6 nitrogen and oxygen atoms in total. The van der Waals surface area contributed by atoms with Crippen LogP contribution in [0.5, 0.6) is 0 Å². The van der Waals surface area contributed by atoms with Crippen molar-refractivity contribution in [3.05, 3.63) is 53.5 Å². The number of fused-ring (bicyclic) bond motifs is 1. The molecule has 0 saturated heterocycles. The summed E-state index contributed by atoms with van der Waals surface area (Å²) < 4.78 is 1.90. The monoisotopic (exact) mass is 383 g/mol. The van der Waals surface area contributed by atoms with Crippen molar-refractivity contribution in [3.63, 3.8) is 0 Å². The van der Waals surface area contributed by atoms with E-state index in [0.717, 1.165) is 22.7 Å². The predicted octanol–water partition coefficient (Wildman–Crippen LogP) is 3.74. The number of hydrogen-bond donors (Lipinski definition) is 1. The summed E-state index contributed by atoms with van der Waals surface area (Å²) in [7, 11) is 0. The molecule has 0 spiro atoms. The van der Waals surface area contributed by atoms with Crippen LogP contribution in [-0.2, 0) is 4.79 Å². The first kappa shape index (κ1) is 19.4. The Kier molecular flexibility index (Phi) is 5.79. The summed E-state index contributed by atoms with van der Waals surface area (Å²) in [4.78, 5) is 17.5. The molecule has 0 fully saturated rings. The minimum Gasteiger partial charge on any atom is -0.349 e. The Balaban J connectivity index is 1.81. The highest BCUT2D eigenvalue weighted by Crippen LogP contribution is 2.29. The molecule has 1 amide bonds. The van der Waals surface area contributed by atoms with Crippen LogP contribution in [0.1, 0.15) is 43.9 Å². The summed E-state index contributed by atoms with van der Waals surface area (Å²) in [6.07, 6.45) is 0. The molecule has 0 aliphatic heterocycles. The number of aryl methyl sites for hydroxylation is 2. The van der Waals surface area contributed by atoms with Crippen molar-refractivity contribution in [1.82, 2.24) is 24.9 Å². The van der Waals surface area contributed by atoms with Gasteiger partial charge in [0.1, 0.15) is 5.82 Å². The third-order valence-electron chi connectivity index (χ3n) is 4.41. The fraction of sp³-hybridized carbons (Fsp3) is 0.400. The Bertz CT molecular complexity index is 938. The minimum absolute atomic E-state index is 0.000766. The molecule has 142 valence electrons. The SMILES string of the molecule is Cc1cc2nnc(S[C@@H](C(=O)N[C@H](C)c3ccccc3)C(C)C)n2c(C)n1. The van der Waals surface area contributed by atoms with E-state index < -0.39 is 0 Å². The molecule has 0 aliphatic rings. The van der Waals surface area contributed by atoms with Gasteiger partial charge in [-0.3, -0.25) is 9.20 Å². The largest absolute Gasteiger partial charge is 0.349 e. The van der Waals surface area contributed by atoms with Crippen LogP contribution >= 0.6 is 11.8 Å². The second kappa shape index (κ2) is 8.08. The van der Waals surface area contributed by atoms with Crippen molar-refractivity contribution < 1.29 is 4.79 Å². The van der Waals surface area contributed by atoms with Crippen molar-refractivity contribution in [2.45, 2.75) is 51.1 Å². The van der Waals surface area contributed by atoms with Gasteiger partial charge in [-0.25, -0.2) is 4.98 Å². The Morgan fingerprint density at radius 1 is 1.11 bits per heavy atom. The van der Waals surface area contributed by atoms with Crippen molar-refractivity contribution in [1.29, 1.82) is 0 Å². The van der Waals surface area contributed by atoms with E-state index in [1.807, 2.05) is 75.4 Å². The fourth-order valence-corrected chi connectivity index (χ4v) is 4.10. The van der Waals surface area contributed by atoms with Gasteiger partial charge in [0.15, 0.2) is 10.8 Å². The fourth-order valence-electron chi connectivity index (χ4n) is 3.01. The molecule has 0 bridgehead atoms. The van der Waals surface area contributed by atoms with Crippen molar-refractivity contribution in [2.24, 2.45) is 5.92 Å². The molecule has 2 heterocycles. The van der Waals surface area contributed by atoms with Crippen molar-refractivity contribution in [2.75, 3.05) is 0 Å². The van der Waals surface area contributed by atoms with Crippen LogP contribution in [0.15, 0.2) is 41.6 Å². The number of carbonyl (C=O) groups excluding carboxylic acids is 1. The molecule has 3 aromatic rings. The van der Waals surface area contributed by atoms with E-state index in [0.29, 0.717) is 5.16 Å².